The van der Waals surface area contributed by atoms with Crippen LogP contribution in [-0.4, -0.2) is 72.6 Å². The molecule has 156 valence electrons. The van der Waals surface area contributed by atoms with Crippen LogP contribution in [0.5, 0.6) is 0 Å². The van der Waals surface area contributed by atoms with E-state index in [9.17, 15) is 44.1 Å². The van der Waals surface area contributed by atoms with Gasteiger partial charge in [0, 0.05) is 24.8 Å². The molecule has 30 heavy (non-hydrogen) atoms. The molecule has 0 amide bonds. The SMILES string of the molecule is O=C(O)CC(O)(CC(=O)O)C(=O)O.O=C([O-])CC(O)(CC(=O)[O-])C(=O)[O-].S.[Na+].[Na+].[Na+]. The maximum Gasteiger partial charge on any atom is 1.00 e. The molecule has 5 N–H and O–H groups in total. The van der Waals surface area contributed by atoms with E-state index in [1.807, 2.05) is 0 Å². The zero-order chi connectivity index (χ0) is 21.3. The van der Waals surface area contributed by atoms with Crippen molar-refractivity contribution < 1.29 is 158 Å². The normalized spacial score (nSPS) is 9.40. The number of aliphatic carboxylic acids is 6. The van der Waals surface area contributed by atoms with E-state index < -0.39 is 72.7 Å². The summed E-state index contributed by atoms with van der Waals surface area (Å²) in [7, 11) is 0. The first-order valence-corrected chi connectivity index (χ1v) is 6.28. The van der Waals surface area contributed by atoms with Crippen LogP contribution in [0.25, 0.3) is 0 Å². The van der Waals surface area contributed by atoms with Crippen LogP contribution >= 0.6 is 13.5 Å². The first kappa shape index (κ1) is 43.9. The number of hydrogen-bond acceptors (Lipinski definition) is 11. The van der Waals surface area contributed by atoms with E-state index in [0.717, 1.165) is 0 Å². The molecule has 0 fully saturated rings. The van der Waals surface area contributed by atoms with Crippen molar-refractivity contribution in [1.82, 2.24) is 0 Å². The second-order valence-corrected chi connectivity index (χ2v) is 4.89. The van der Waals surface area contributed by atoms with Crippen molar-refractivity contribution in [2.24, 2.45) is 0 Å². The van der Waals surface area contributed by atoms with Gasteiger partial charge in [-0.05, 0) is 0 Å². The first-order chi connectivity index (χ1) is 11.6. The Hall–Kier alpha value is 0.0900. The molecule has 14 nitrogen and oxygen atoms in total. The Kier molecular flexibility index (Phi) is 28.9. The van der Waals surface area contributed by atoms with E-state index in [2.05, 4.69) is 0 Å². The molecule has 0 spiro atoms. The fourth-order valence-corrected chi connectivity index (χ4v) is 1.40. The van der Waals surface area contributed by atoms with Gasteiger partial charge in [-0.3, -0.25) is 9.59 Å². The van der Waals surface area contributed by atoms with Gasteiger partial charge >= 0.3 is 107 Å². The van der Waals surface area contributed by atoms with Gasteiger partial charge in [-0.1, -0.05) is 0 Å². The molecule has 0 unspecified atom stereocenters. The van der Waals surface area contributed by atoms with Gasteiger partial charge in [-0.2, -0.15) is 13.5 Å². The third kappa shape index (κ3) is 20.0. The summed E-state index contributed by atoms with van der Waals surface area (Å²) in [5, 5.41) is 72.7. The Morgan fingerprint density at radius 3 is 1.00 bits per heavy atom. The van der Waals surface area contributed by atoms with Gasteiger partial charge in [-0.25, -0.2) is 4.79 Å². The average Bonchev–Trinajstić information content (AvgIpc) is 2.34. The van der Waals surface area contributed by atoms with Crippen LogP contribution in [0.3, 0.4) is 0 Å². The summed E-state index contributed by atoms with van der Waals surface area (Å²) in [4.78, 5) is 60.5. The smallest absolute Gasteiger partial charge is 0.550 e. The topological polar surface area (TPSA) is 273 Å². The summed E-state index contributed by atoms with van der Waals surface area (Å²) in [6.07, 6.45) is -5.00. The monoisotopic (exact) mass is 484 g/mol. The molecule has 0 aromatic heterocycles. The Morgan fingerprint density at radius 2 is 0.867 bits per heavy atom. The third-order valence-electron chi connectivity index (χ3n) is 2.54. The van der Waals surface area contributed by atoms with E-state index in [-0.39, 0.29) is 102 Å². The number of rotatable bonds is 10. The van der Waals surface area contributed by atoms with Gasteiger partial charge in [0.25, 0.3) is 0 Å². The fraction of sp³-hybridized carbons (Fsp3) is 0.500. The molecule has 18 heteroatoms. The third-order valence-corrected chi connectivity index (χ3v) is 2.54. The largest absolute Gasteiger partial charge is 1.00 e. The van der Waals surface area contributed by atoms with Crippen LogP contribution in [0.1, 0.15) is 25.7 Å². The summed E-state index contributed by atoms with van der Waals surface area (Å²) in [6.45, 7) is 0. The van der Waals surface area contributed by atoms with Crippen LogP contribution in [-0.2, 0) is 28.8 Å². The summed E-state index contributed by atoms with van der Waals surface area (Å²) in [5.41, 5.74) is -5.71. The summed E-state index contributed by atoms with van der Waals surface area (Å²) < 4.78 is 0. The van der Waals surface area contributed by atoms with Gasteiger partial charge in [0.1, 0.15) is 5.60 Å². The molecule has 0 saturated carbocycles. The number of carbonyl (C=O) groups is 6. The number of carboxylic acid groups (broad SMARTS) is 6. The molecule has 0 bridgehead atoms. The molecule has 0 rings (SSSR count). The molecule has 0 aromatic carbocycles. The molecule has 0 aliphatic heterocycles. The van der Waals surface area contributed by atoms with E-state index in [0.29, 0.717) is 0 Å². The van der Waals surface area contributed by atoms with Crippen molar-refractivity contribution in [3.8, 4) is 0 Å². The maximum absolute atomic E-state index is 10.3. The zero-order valence-electron chi connectivity index (χ0n) is 16.2. The average molecular weight is 484 g/mol. The van der Waals surface area contributed by atoms with Crippen LogP contribution in [0, 0.1) is 0 Å². The van der Waals surface area contributed by atoms with Gasteiger partial charge in [0.2, 0.25) is 0 Å². The summed E-state index contributed by atoms with van der Waals surface area (Å²) in [6, 6.07) is 0. The van der Waals surface area contributed by atoms with Crippen LogP contribution in [0.15, 0.2) is 0 Å². The Morgan fingerprint density at radius 1 is 0.600 bits per heavy atom. The fourth-order valence-electron chi connectivity index (χ4n) is 1.40. The molecule has 0 aliphatic carbocycles. The minimum absolute atomic E-state index is 0. The van der Waals surface area contributed by atoms with Crippen molar-refractivity contribution >= 4 is 49.3 Å². The number of aliphatic hydroxyl groups is 2. The molecular formula is C12H15Na3O14S. The predicted molar refractivity (Wildman–Crippen MR) is 76.7 cm³/mol. The standard InChI is InChI=1S/2C6H8O7.3Na.H2S/c2*7-3(8)1-6(13,5(11)12)2-4(9)10;;;;/h2*13H,1-2H2,(H,7,8)(H,9,10)(H,11,12);;;;1H2/q;;3*+1;/p-3. The molecule has 0 aromatic rings. The predicted octanol–water partition coefficient (Wildman–Crippen LogP) is -15.4. The van der Waals surface area contributed by atoms with Gasteiger partial charge < -0.3 is 55.2 Å². The first-order valence-electron chi connectivity index (χ1n) is 6.28. The zero-order valence-corrected chi connectivity index (χ0v) is 23.2. The van der Waals surface area contributed by atoms with Crippen molar-refractivity contribution in [2.75, 3.05) is 0 Å². The molecule has 0 aliphatic rings. The second kappa shape index (κ2) is 19.8. The van der Waals surface area contributed by atoms with Gasteiger partial charge in [-0.15, -0.1) is 0 Å². The Balaban J connectivity index is -0.0000000847. The van der Waals surface area contributed by atoms with E-state index >= 15 is 0 Å². The van der Waals surface area contributed by atoms with E-state index in [4.69, 9.17) is 25.5 Å². The number of carboxylic acids is 6. The molecular weight excluding hydrogens is 469 g/mol. The van der Waals surface area contributed by atoms with Crippen LogP contribution < -0.4 is 104 Å². The number of carbonyl (C=O) groups excluding carboxylic acids is 3. The Labute approximate surface area is 242 Å². The minimum atomic E-state index is -2.97. The molecule has 0 saturated heterocycles. The van der Waals surface area contributed by atoms with Gasteiger partial charge in [0.15, 0.2) is 5.60 Å². The van der Waals surface area contributed by atoms with Crippen molar-refractivity contribution in [1.29, 1.82) is 0 Å². The van der Waals surface area contributed by atoms with Crippen molar-refractivity contribution in [2.45, 2.75) is 36.9 Å². The quantitative estimate of drug-likeness (QED) is 0.180. The van der Waals surface area contributed by atoms with E-state index in [1.54, 1.807) is 0 Å². The second-order valence-electron chi connectivity index (χ2n) is 4.89. The van der Waals surface area contributed by atoms with Crippen molar-refractivity contribution in [3.63, 3.8) is 0 Å². The van der Waals surface area contributed by atoms with Crippen LogP contribution in [0.2, 0.25) is 0 Å². The summed E-state index contributed by atoms with van der Waals surface area (Å²) in [5.74, 6) is -11.0. The van der Waals surface area contributed by atoms with Crippen molar-refractivity contribution in [3.05, 3.63) is 0 Å². The molecule has 0 atom stereocenters. The molecule has 0 heterocycles. The minimum Gasteiger partial charge on any atom is -0.550 e. The molecule has 0 radical (unpaired) electrons. The summed E-state index contributed by atoms with van der Waals surface area (Å²) >= 11 is 0. The Bertz CT molecular complexity index is 527. The maximum atomic E-state index is 10.3. The number of hydrogen-bond donors (Lipinski definition) is 5. The van der Waals surface area contributed by atoms with Gasteiger partial charge in [0.05, 0.1) is 18.8 Å². The van der Waals surface area contributed by atoms with Crippen LogP contribution in [0.4, 0.5) is 0 Å². The van der Waals surface area contributed by atoms with E-state index in [1.165, 1.54) is 0 Å².